The third kappa shape index (κ3) is 4.50. The van der Waals surface area contributed by atoms with Crippen LogP contribution in [0, 0.1) is 10.8 Å². The Hall–Kier alpha value is -0.720. The minimum Gasteiger partial charge on any atom is -0.365 e. The summed E-state index contributed by atoms with van der Waals surface area (Å²) in [6.45, 7) is 19.3. The van der Waals surface area contributed by atoms with E-state index < -0.39 is 0 Å². The van der Waals surface area contributed by atoms with E-state index in [-0.39, 0.29) is 10.8 Å². The first-order valence-electron chi connectivity index (χ1n) is 5.18. The van der Waals surface area contributed by atoms with Crippen LogP contribution in [0.5, 0.6) is 0 Å². The van der Waals surface area contributed by atoms with Gasteiger partial charge in [-0.2, -0.15) is 0 Å². The summed E-state index contributed by atoms with van der Waals surface area (Å²) < 4.78 is 0. The predicted molar refractivity (Wildman–Crippen MR) is 64.9 cm³/mol. The van der Waals surface area contributed by atoms with E-state index >= 15 is 0 Å². The topological polar surface area (TPSA) is 12.0 Å². The molecule has 0 aromatic rings. The van der Waals surface area contributed by atoms with Crippen molar-refractivity contribution in [3.05, 3.63) is 24.0 Å². The van der Waals surface area contributed by atoms with E-state index in [1.54, 1.807) is 0 Å². The van der Waals surface area contributed by atoms with Crippen molar-refractivity contribution in [2.24, 2.45) is 10.8 Å². The van der Waals surface area contributed by atoms with E-state index in [4.69, 9.17) is 0 Å². The maximum Gasteiger partial charge on any atom is 0.0128 e. The Bertz CT molecular complexity index is 233. The van der Waals surface area contributed by atoms with Gasteiger partial charge in [-0.15, -0.1) is 0 Å². The van der Waals surface area contributed by atoms with Crippen LogP contribution >= 0.6 is 0 Å². The Labute approximate surface area is 89.3 Å². The maximum absolute atomic E-state index is 4.02. The van der Waals surface area contributed by atoms with Gasteiger partial charge < -0.3 is 5.32 Å². The van der Waals surface area contributed by atoms with Crippen molar-refractivity contribution in [3.63, 3.8) is 0 Å². The Morgan fingerprint density at radius 3 is 1.71 bits per heavy atom. The predicted octanol–water partition coefficient (Wildman–Crippen LogP) is 4.09. The summed E-state index contributed by atoms with van der Waals surface area (Å²) in [6, 6.07) is 0. The highest BCUT2D eigenvalue weighted by atomic mass is 14.9. The van der Waals surface area contributed by atoms with Crippen LogP contribution in [0.25, 0.3) is 0 Å². The first kappa shape index (κ1) is 13.3. The molecule has 0 fully saturated rings. The second-order valence-corrected chi connectivity index (χ2v) is 5.95. The summed E-state index contributed by atoms with van der Waals surface area (Å²) in [5, 5.41) is 3.27. The van der Waals surface area contributed by atoms with E-state index in [0.29, 0.717) is 0 Å². The van der Waals surface area contributed by atoms with Gasteiger partial charge in [0.2, 0.25) is 0 Å². The molecule has 1 N–H and O–H groups in total. The smallest absolute Gasteiger partial charge is 0.0128 e. The number of nitrogens with one attached hydrogen (secondary N) is 1. The fraction of sp³-hybridized carbons (Fsp3) is 0.692. The molecule has 0 aromatic heterocycles. The summed E-state index contributed by atoms with van der Waals surface area (Å²) in [5.74, 6) is 0. The molecular formula is C13H25N. The van der Waals surface area contributed by atoms with Crippen LogP contribution in [0.2, 0.25) is 0 Å². The minimum atomic E-state index is 0.120. The lowest BCUT2D eigenvalue weighted by molar-refractivity contribution is 0.471. The Balaban J connectivity index is 4.39. The van der Waals surface area contributed by atoms with E-state index in [2.05, 4.69) is 66.6 Å². The molecule has 0 saturated heterocycles. The number of hydrogen-bond acceptors (Lipinski definition) is 1. The van der Waals surface area contributed by atoms with Crippen molar-refractivity contribution in [1.82, 2.24) is 5.32 Å². The van der Waals surface area contributed by atoms with Gasteiger partial charge in [0.05, 0.1) is 0 Å². The molecular weight excluding hydrogens is 170 g/mol. The molecule has 0 aliphatic heterocycles. The maximum atomic E-state index is 4.02. The van der Waals surface area contributed by atoms with Gasteiger partial charge in [-0.25, -0.2) is 0 Å². The molecule has 0 heterocycles. The summed E-state index contributed by atoms with van der Waals surface area (Å²) >= 11 is 0. The largest absolute Gasteiger partial charge is 0.365 e. The third-order valence-corrected chi connectivity index (χ3v) is 2.55. The van der Waals surface area contributed by atoms with E-state index in [1.807, 2.05) is 0 Å². The molecule has 0 bridgehead atoms. The normalized spacial score (nSPS) is 14.1. The average molecular weight is 195 g/mol. The van der Waals surface area contributed by atoms with Gasteiger partial charge in [-0.3, -0.25) is 0 Å². The molecule has 0 amide bonds. The zero-order valence-electron chi connectivity index (χ0n) is 10.8. The van der Waals surface area contributed by atoms with Crippen LogP contribution < -0.4 is 5.32 Å². The molecule has 0 unspecified atom stereocenters. The summed E-state index contributed by atoms with van der Waals surface area (Å²) in [7, 11) is 0. The summed E-state index contributed by atoms with van der Waals surface area (Å²) in [4.78, 5) is 0. The van der Waals surface area contributed by atoms with E-state index in [0.717, 1.165) is 5.70 Å². The number of allylic oxidation sites excluding steroid dienone is 2. The fourth-order valence-electron chi connectivity index (χ4n) is 0.628. The molecule has 0 aromatic carbocycles. The van der Waals surface area contributed by atoms with Gasteiger partial charge in [0, 0.05) is 17.3 Å². The van der Waals surface area contributed by atoms with Crippen molar-refractivity contribution < 1.29 is 0 Å². The van der Waals surface area contributed by atoms with Crippen LogP contribution in [0.3, 0.4) is 0 Å². The van der Waals surface area contributed by atoms with Crippen LogP contribution in [0.4, 0.5) is 0 Å². The van der Waals surface area contributed by atoms with E-state index in [1.165, 1.54) is 5.57 Å². The van der Waals surface area contributed by atoms with Gasteiger partial charge in [0.15, 0.2) is 0 Å². The van der Waals surface area contributed by atoms with Crippen molar-refractivity contribution in [1.29, 1.82) is 0 Å². The molecule has 0 radical (unpaired) electrons. The molecule has 0 spiro atoms. The Morgan fingerprint density at radius 1 is 1.00 bits per heavy atom. The summed E-state index contributed by atoms with van der Waals surface area (Å²) in [5.41, 5.74) is 2.74. The lowest BCUT2D eigenvalue weighted by Gasteiger charge is -2.24. The standard InChI is InChI=1S/C13H25N/c1-10(12(3,4)5)9-14-11(2)13(6,7)8/h9,14H,2H2,1,3-8H3/b10-9+. The van der Waals surface area contributed by atoms with Gasteiger partial charge in [-0.05, 0) is 12.3 Å². The molecule has 0 atom stereocenters. The Morgan fingerprint density at radius 2 is 1.43 bits per heavy atom. The lowest BCUT2D eigenvalue weighted by Crippen LogP contribution is -2.20. The van der Waals surface area contributed by atoms with Gasteiger partial charge >= 0.3 is 0 Å². The third-order valence-electron chi connectivity index (χ3n) is 2.55. The monoisotopic (exact) mass is 195 g/mol. The van der Waals surface area contributed by atoms with Crippen molar-refractivity contribution in [2.75, 3.05) is 0 Å². The second kappa shape index (κ2) is 4.20. The highest BCUT2D eigenvalue weighted by Crippen LogP contribution is 2.25. The molecule has 1 heteroatoms. The molecule has 1 nitrogen and oxygen atoms in total. The van der Waals surface area contributed by atoms with Crippen molar-refractivity contribution in [3.8, 4) is 0 Å². The zero-order valence-corrected chi connectivity index (χ0v) is 10.8. The first-order chi connectivity index (χ1) is 6.05. The zero-order chi connectivity index (χ0) is 11.6. The SMILES string of the molecule is C=C(N/C=C(\C)C(C)(C)C)C(C)(C)C. The minimum absolute atomic E-state index is 0.120. The first-order valence-corrected chi connectivity index (χ1v) is 5.18. The number of hydrogen-bond donors (Lipinski definition) is 1. The average Bonchev–Trinajstić information content (AvgIpc) is 1.95. The Kier molecular flexibility index (Phi) is 3.99. The molecule has 82 valence electrons. The fourth-order valence-corrected chi connectivity index (χ4v) is 0.628. The number of rotatable bonds is 2. The molecule has 0 rings (SSSR count). The highest BCUT2D eigenvalue weighted by Gasteiger charge is 2.15. The van der Waals surface area contributed by atoms with Gasteiger partial charge in [0.1, 0.15) is 0 Å². The summed E-state index contributed by atoms with van der Waals surface area (Å²) in [6.07, 6.45) is 2.06. The lowest BCUT2D eigenvalue weighted by atomic mass is 9.88. The van der Waals surface area contributed by atoms with Crippen LogP contribution in [0.1, 0.15) is 48.5 Å². The molecule has 0 saturated carbocycles. The van der Waals surface area contributed by atoms with Crippen molar-refractivity contribution in [2.45, 2.75) is 48.5 Å². The molecule has 14 heavy (non-hydrogen) atoms. The second-order valence-electron chi connectivity index (χ2n) is 5.95. The van der Waals surface area contributed by atoms with Gasteiger partial charge in [-0.1, -0.05) is 53.7 Å². The van der Waals surface area contributed by atoms with Gasteiger partial charge in [0.25, 0.3) is 0 Å². The van der Waals surface area contributed by atoms with Crippen LogP contribution in [-0.2, 0) is 0 Å². The van der Waals surface area contributed by atoms with Crippen molar-refractivity contribution >= 4 is 0 Å². The molecule has 0 aliphatic carbocycles. The molecule has 0 aliphatic rings. The van der Waals surface area contributed by atoms with E-state index in [9.17, 15) is 0 Å². The van der Waals surface area contributed by atoms with Crippen LogP contribution in [-0.4, -0.2) is 0 Å². The highest BCUT2D eigenvalue weighted by molar-refractivity contribution is 5.12. The van der Waals surface area contributed by atoms with Crippen LogP contribution in [0.15, 0.2) is 24.0 Å². The quantitative estimate of drug-likeness (QED) is 0.700.